The van der Waals surface area contributed by atoms with Crippen LogP contribution >= 0.6 is 11.6 Å². The minimum Gasteiger partial charge on any atom is -0.481 e. The number of amides is 1. The molecular formula is C14H16ClNO3. The van der Waals surface area contributed by atoms with Gasteiger partial charge in [0.15, 0.2) is 0 Å². The number of carbonyl (C=O) groups excluding carboxylic acids is 1. The summed E-state index contributed by atoms with van der Waals surface area (Å²) in [6.07, 6.45) is 0.645. The molecule has 1 aliphatic heterocycles. The second-order valence-corrected chi connectivity index (χ2v) is 5.04. The maximum Gasteiger partial charge on any atom is 0.308 e. The number of carboxylic acid groups (broad SMARTS) is 1. The van der Waals surface area contributed by atoms with Crippen LogP contribution in [-0.4, -0.2) is 28.4 Å². The van der Waals surface area contributed by atoms with E-state index in [1.165, 1.54) is 0 Å². The van der Waals surface area contributed by atoms with Crippen LogP contribution in [-0.2, 0) is 9.59 Å². The molecule has 1 amide bonds. The van der Waals surface area contributed by atoms with Gasteiger partial charge in [-0.25, -0.2) is 0 Å². The minimum absolute atomic E-state index is 0.00933. The van der Waals surface area contributed by atoms with Gasteiger partial charge >= 0.3 is 5.97 Å². The Morgan fingerprint density at radius 1 is 1.47 bits per heavy atom. The zero-order valence-electron chi connectivity index (χ0n) is 10.7. The molecule has 5 heteroatoms. The fourth-order valence-corrected chi connectivity index (χ4v) is 2.93. The summed E-state index contributed by atoms with van der Waals surface area (Å²) in [6.45, 7) is 2.34. The van der Waals surface area contributed by atoms with Crippen LogP contribution < -0.4 is 0 Å². The van der Waals surface area contributed by atoms with E-state index in [4.69, 9.17) is 11.6 Å². The van der Waals surface area contributed by atoms with Gasteiger partial charge in [-0.2, -0.15) is 0 Å². The molecule has 4 nitrogen and oxygen atoms in total. The van der Waals surface area contributed by atoms with E-state index in [0.29, 0.717) is 23.6 Å². The lowest BCUT2D eigenvalue weighted by Crippen LogP contribution is -2.45. The van der Waals surface area contributed by atoms with E-state index in [1.807, 2.05) is 13.0 Å². The monoisotopic (exact) mass is 281 g/mol. The summed E-state index contributed by atoms with van der Waals surface area (Å²) < 4.78 is 0. The van der Waals surface area contributed by atoms with Gasteiger partial charge in [0.25, 0.3) is 0 Å². The van der Waals surface area contributed by atoms with Gasteiger partial charge in [0, 0.05) is 18.0 Å². The molecule has 0 saturated carbocycles. The first-order valence-electron chi connectivity index (χ1n) is 6.33. The van der Waals surface area contributed by atoms with Crippen molar-refractivity contribution in [1.29, 1.82) is 0 Å². The number of halogens is 1. The summed E-state index contributed by atoms with van der Waals surface area (Å²) in [5, 5.41) is 9.89. The molecule has 1 aromatic carbocycles. The second-order valence-electron chi connectivity index (χ2n) is 4.63. The molecule has 0 spiro atoms. The lowest BCUT2D eigenvalue weighted by molar-refractivity contribution is -0.151. The fourth-order valence-electron chi connectivity index (χ4n) is 2.68. The van der Waals surface area contributed by atoms with E-state index >= 15 is 0 Å². The summed E-state index contributed by atoms with van der Waals surface area (Å²) in [7, 11) is 0. The average Bonchev–Trinajstić information content (AvgIpc) is 2.38. The summed E-state index contributed by atoms with van der Waals surface area (Å²) in [5.41, 5.74) is 0.714. The topological polar surface area (TPSA) is 57.6 Å². The number of rotatable bonds is 3. The maximum atomic E-state index is 12.0. The lowest BCUT2D eigenvalue weighted by Gasteiger charge is -2.39. The molecule has 19 heavy (non-hydrogen) atoms. The van der Waals surface area contributed by atoms with E-state index in [9.17, 15) is 14.7 Å². The van der Waals surface area contributed by atoms with Gasteiger partial charge in [-0.15, -0.1) is 0 Å². The molecule has 1 fully saturated rings. The van der Waals surface area contributed by atoms with Crippen LogP contribution in [0.2, 0.25) is 5.02 Å². The van der Waals surface area contributed by atoms with Crippen molar-refractivity contribution in [2.75, 3.05) is 6.54 Å². The number of hydrogen-bond donors (Lipinski definition) is 1. The van der Waals surface area contributed by atoms with Crippen LogP contribution in [0.15, 0.2) is 24.3 Å². The van der Waals surface area contributed by atoms with Crippen molar-refractivity contribution < 1.29 is 14.7 Å². The molecule has 0 aromatic heterocycles. The third-order valence-corrected chi connectivity index (χ3v) is 3.93. The summed E-state index contributed by atoms with van der Waals surface area (Å²) in [6, 6.07) is 6.65. The largest absolute Gasteiger partial charge is 0.481 e. The number of benzene rings is 1. The summed E-state index contributed by atoms with van der Waals surface area (Å²) in [4.78, 5) is 25.0. The highest BCUT2D eigenvalue weighted by atomic mass is 35.5. The molecule has 1 heterocycles. The molecule has 0 aliphatic carbocycles. The number of carboxylic acids is 1. The highest BCUT2D eigenvalue weighted by Gasteiger charge is 2.40. The Hall–Kier alpha value is -1.55. The Balaban J connectivity index is 2.47. The predicted molar refractivity (Wildman–Crippen MR) is 71.9 cm³/mol. The van der Waals surface area contributed by atoms with E-state index in [-0.39, 0.29) is 12.3 Å². The van der Waals surface area contributed by atoms with Crippen molar-refractivity contribution in [3.8, 4) is 0 Å². The second kappa shape index (κ2) is 5.61. The highest BCUT2D eigenvalue weighted by Crippen LogP contribution is 2.39. The Morgan fingerprint density at radius 3 is 2.74 bits per heavy atom. The van der Waals surface area contributed by atoms with Crippen molar-refractivity contribution in [3.05, 3.63) is 34.9 Å². The van der Waals surface area contributed by atoms with Crippen molar-refractivity contribution in [2.24, 2.45) is 5.92 Å². The van der Waals surface area contributed by atoms with Gasteiger partial charge in [-0.1, -0.05) is 29.8 Å². The zero-order valence-corrected chi connectivity index (χ0v) is 11.4. The number of hydrogen-bond acceptors (Lipinski definition) is 2. The predicted octanol–water partition coefficient (Wildman–Crippen LogP) is 2.72. The molecule has 2 rings (SSSR count). The van der Waals surface area contributed by atoms with Crippen LogP contribution in [0, 0.1) is 5.92 Å². The first-order chi connectivity index (χ1) is 9.06. The van der Waals surface area contributed by atoms with Gasteiger partial charge < -0.3 is 10.0 Å². The van der Waals surface area contributed by atoms with Gasteiger partial charge in [0.05, 0.1) is 12.0 Å². The van der Waals surface area contributed by atoms with Crippen LogP contribution in [0.4, 0.5) is 0 Å². The van der Waals surface area contributed by atoms with Crippen molar-refractivity contribution >= 4 is 23.5 Å². The third-order valence-electron chi connectivity index (χ3n) is 3.59. The summed E-state index contributed by atoms with van der Waals surface area (Å²) in [5.74, 6) is -1.49. The van der Waals surface area contributed by atoms with Gasteiger partial charge in [-0.3, -0.25) is 9.59 Å². The molecular weight excluding hydrogens is 266 g/mol. The van der Waals surface area contributed by atoms with Crippen LogP contribution in [0.5, 0.6) is 0 Å². The molecule has 0 radical (unpaired) electrons. The van der Waals surface area contributed by atoms with Crippen molar-refractivity contribution in [1.82, 2.24) is 4.90 Å². The van der Waals surface area contributed by atoms with E-state index in [0.717, 1.165) is 0 Å². The molecule has 102 valence electrons. The van der Waals surface area contributed by atoms with Gasteiger partial charge in [-0.05, 0) is 25.0 Å². The number of aliphatic carboxylic acids is 1. The Labute approximate surface area is 117 Å². The average molecular weight is 282 g/mol. The molecule has 0 bridgehead atoms. The Kier molecular flexibility index (Phi) is 4.10. The third kappa shape index (κ3) is 2.59. The fraction of sp³-hybridized carbons (Fsp3) is 0.429. The maximum absolute atomic E-state index is 12.0. The normalized spacial score (nSPS) is 23.5. The quantitative estimate of drug-likeness (QED) is 0.927. The lowest BCUT2D eigenvalue weighted by atomic mass is 9.84. The molecule has 1 aliphatic rings. The van der Waals surface area contributed by atoms with Crippen LogP contribution in [0.3, 0.4) is 0 Å². The number of likely N-dealkylation sites (tertiary alicyclic amines) is 1. The number of carbonyl (C=O) groups is 2. The molecule has 1 aromatic rings. The van der Waals surface area contributed by atoms with Crippen LogP contribution in [0.1, 0.15) is 31.4 Å². The first kappa shape index (κ1) is 13.9. The summed E-state index contributed by atoms with van der Waals surface area (Å²) >= 11 is 6.17. The first-order valence-corrected chi connectivity index (χ1v) is 6.70. The van der Waals surface area contributed by atoms with Crippen molar-refractivity contribution in [2.45, 2.75) is 25.8 Å². The highest BCUT2D eigenvalue weighted by molar-refractivity contribution is 6.31. The van der Waals surface area contributed by atoms with Gasteiger partial charge in [0.1, 0.15) is 0 Å². The molecule has 1 saturated heterocycles. The zero-order chi connectivity index (χ0) is 14.0. The standard InChI is InChI=1S/C14H16ClNO3/c1-2-16-12(17)8-7-10(14(18)19)13(16)9-5-3-4-6-11(9)15/h3-6,10,13H,2,7-8H2,1H3,(H,18,19)/t10-,13+/m0/s1. The van der Waals surface area contributed by atoms with Crippen molar-refractivity contribution in [3.63, 3.8) is 0 Å². The molecule has 0 unspecified atom stereocenters. The molecule has 2 atom stereocenters. The van der Waals surface area contributed by atoms with Gasteiger partial charge in [0.2, 0.25) is 5.91 Å². The number of nitrogens with zero attached hydrogens (tertiary/aromatic N) is 1. The number of piperidine rings is 1. The van der Waals surface area contributed by atoms with Crippen LogP contribution in [0.25, 0.3) is 0 Å². The van der Waals surface area contributed by atoms with E-state index in [1.54, 1.807) is 23.1 Å². The molecule has 1 N–H and O–H groups in total. The van der Waals surface area contributed by atoms with E-state index < -0.39 is 17.9 Å². The SMILES string of the molecule is CCN1C(=O)CC[C@H](C(=O)O)[C@H]1c1ccccc1Cl. The Morgan fingerprint density at radius 2 is 2.16 bits per heavy atom. The Bertz CT molecular complexity index is 501. The smallest absolute Gasteiger partial charge is 0.308 e. The van der Waals surface area contributed by atoms with E-state index in [2.05, 4.69) is 0 Å². The minimum atomic E-state index is -0.879.